The number of amides is 1. The van der Waals surface area contributed by atoms with Crippen molar-refractivity contribution >= 4 is 28.5 Å². The van der Waals surface area contributed by atoms with Gasteiger partial charge in [0.15, 0.2) is 5.43 Å². The second-order valence-electron chi connectivity index (χ2n) is 7.50. The van der Waals surface area contributed by atoms with Gasteiger partial charge >= 0.3 is 0 Å². The van der Waals surface area contributed by atoms with Gasteiger partial charge < -0.3 is 14.2 Å². The third kappa shape index (κ3) is 3.64. The van der Waals surface area contributed by atoms with Gasteiger partial charge in [-0.15, -0.1) is 0 Å². The number of rotatable bonds is 7. The Kier molecular flexibility index (Phi) is 5.93. The summed E-state index contributed by atoms with van der Waals surface area (Å²) in [5, 5.41) is 1.11. The van der Waals surface area contributed by atoms with Gasteiger partial charge in [-0.2, -0.15) is 0 Å². The van der Waals surface area contributed by atoms with Crippen LogP contribution in [-0.4, -0.2) is 41.9 Å². The first kappa shape index (κ1) is 20.6. The number of para-hydroxylation sites is 1. The van der Waals surface area contributed by atoms with Crippen molar-refractivity contribution in [3.8, 4) is 0 Å². The molecule has 0 saturated carbocycles. The summed E-state index contributed by atoms with van der Waals surface area (Å²) >= 11 is 6.08. The molecule has 0 bridgehead atoms. The van der Waals surface area contributed by atoms with Gasteiger partial charge in [-0.1, -0.05) is 49.7 Å². The van der Waals surface area contributed by atoms with E-state index in [1.807, 2.05) is 18.2 Å². The molecule has 0 spiro atoms. The van der Waals surface area contributed by atoms with E-state index in [2.05, 4.69) is 18.7 Å². The highest BCUT2D eigenvalue weighted by Gasteiger charge is 2.42. The van der Waals surface area contributed by atoms with Crippen molar-refractivity contribution in [1.29, 1.82) is 0 Å². The van der Waals surface area contributed by atoms with Crippen LogP contribution in [0.15, 0.2) is 57.7 Å². The van der Waals surface area contributed by atoms with E-state index in [1.54, 1.807) is 35.2 Å². The summed E-state index contributed by atoms with van der Waals surface area (Å²) in [5.41, 5.74) is 1.57. The largest absolute Gasteiger partial charge is 0.450 e. The molecule has 2 heterocycles. The number of hydrogen-bond acceptors (Lipinski definition) is 4. The lowest BCUT2D eigenvalue weighted by Gasteiger charge is -2.26. The molecule has 1 aliphatic heterocycles. The first-order chi connectivity index (χ1) is 14.5. The normalized spacial score (nSPS) is 15.9. The van der Waals surface area contributed by atoms with Crippen LogP contribution in [-0.2, 0) is 0 Å². The van der Waals surface area contributed by atoms with Crippen LogP contribution in [0.3, 0.4) is 0 Å². The minimum Gasteiger partial charge on any atom is -0.450 e. The first-order valence-corrected chi connectivity index (χ1v) is 10.8. The third-order valence-electron chi connectivity index (χ3n) is 5.83. The molecule has 0 radical (unpaired) electrons. The van der Waals surface area contributed by atoms with Crippen molar-refractivity contribution < 1.29 is 9.21 Å². The number of carbonyl (C=O) groups is 1. The van der Waals surface area contributed by atoms with Crippen molar-refractivity contribution in [2.24, 2.45) is 0 Å². The Morgan fingerprint density at radius 3 is 2.43 bits per heavy atom. The van der Waals surface area contributed by atoms with E-state index in [4.69, 9.17) is 16.0 Å². The Labute approximate surface area is 180 Å². The zero-order chi connectivity index (χ0) is 21.3. The summed E-state index contributed by atoms with van der Waals surface area (Å²) in [7, 11) is 0. The van der Waals surface area contributed by atoms with Gasteiger partial charge in [0.05, 0.1) is 17.0 Å². The molecule has 5 nitrogen and oxygen atoms in total. The van der Waals surface area contributed by atoms with Crippen molar-refractivity contribution in [2.75, 3.05) is 26.2 Å². The highest BCUT2D eigenvalue weighted by Crippen LogP contribution is 2.38. The molecule has 0 unspecified atom stereocenters. The molecule has 0 saturated heterocycles. The molecule has 4 rings (SSSR count). The minimum atomic E-state index is -0.470. The summed E-state index contributed by atoms with van der Waals surface area (Å²) in [4.78, 5) is 30.8. The standard InChI is InChI=1S/C24H25ClN2O3/c1-3-26(4-2)14-7-15-27-21(16-10-12-17(25)13-11-16)20-22(28)18-8-5-6-9-19(18)30-23(20)24(27)29/h5-6,8-13,21H,3-4,7,14-15H2,1-2H3/t21-/m1/s1. The number of benzene rings is 2. The fraction of sp³-hybridized carbons (Fsp3) is 0.333. The van der Waals surface area contributed by atoms with E-state index in [1.165, 1.54) is 0 Å². The van der Waals surface area contributed by atoms with Crippen LogP contribution in [0.1, 0.15) is 48.0 Å². The maximum Gasteiger partial charge on any atom is 0.290 e. The number of hydrogen-bond donors (Lipinski definition) is 0. The molecule has 0 N–H and O–H groups in total. The van der Waals surface area contributed by atoms with Crippen LogP contribution in [0.4, 0.5) is 0 Å². The number of halogens is 1. The average molecular weight is 425 g/mol. The second-order valence-corrected chi connectivity index (χ2v) is 7.94. The number of fused-ring (bicyclic) bond motifs is 2. The SMILES string of the molecule is CCN(CC)CCCN1C(=O)c2oc3ccccc3c(=O)c2[C@H]1c1ccc(Cl)cc1. The first-order valence-electron chi connectivity index (χ1n) is 10.4. The van der Waals surface area contributed by atoms with Gasteiger partial charge in [0.2, 0.25) is 5.76 Å². The Morgan fingerprint density at radius 2 is 1.73 bits per heavy atom. The molecule has 1 aromatic heterocycles. The van der Waals surface area contributed by atoms with Gasteiger partial charge in [-0.25, -0.2) is 0 Å². The Balaban J connectivity index is 1.78. The smallest absolute Gasteiger partial charge is 0.290 e. The fourth-order valence-corrected chi connectivity index (χ4v) is 4.32. The number of nitrogens with zero attached hydrogens (tertiary/aromatic N) is 2. The van der Waals surface area contributed by atoms with E-state index in [0.29, 0.717) is 28.1 Å². The molecule has 6 heteroatoms. The van der Waals surface area contributed by atoms with Crippen LogP contribution in [0.2, 0.25) is 5.02 Å². The van der Waals surface area contributed by atoms with Crippen molar-refractivity contribution in [1.82, 2.24) is 9.80 Å². The molecule has 1 amide bonds. The van der Waals surface area contributed by atoms with E-state index in [9.17, 15) is 9.59 Å². The van der Waals surface area contributed by atoms with Gasteiger partial charge in [0.1, 0.15) is 5.58 Å². The Hall–Kier alpha value is -2.63. The van der Waals surface area contributed by atoms with Crippen molar-refractivity contribution in [3.05, 3.63) is 80.7 Å². The lowest BCUT2D eigenvalue weighted by atomic mass is 9.98. The topological polar surface area (TPSA) is 53.8 Å². The molecular formula is C24H25ClN2O3. The predicted octanol–water partition coefficient (Wildman–Crippen LogP) is 4.72. The molecule has 1 aliphatic rings. The summed E-state index contributed by atoms with van der Waals surface area (Å²) in [6.45, 7) is 7.63. The highest BCUT2D eigenvalue weighted by atomic mass is 35.5. The van der Waals surface area contributed by atoms with E-state index in [0.717, 1.165) is 31.6 Å². The van der Waals surface area contributed by atoms with Gasteiger partial charge in [-0.3, -0.25) is 9.59 Å². The predicted molar refractivity (Wildman–Crippen MR) is 119 cm³/mol. The zero-order valence-corrected chi connectivity index (χ0v) is 18.0. The Morgan fingerprint density at radius 1 is 1.03 bits per heavy atom. The molecule has 0 aliphatic carbocycles. The van der Waals surface area contributed by atoms with Gasteiger partial charge in [0.25, 0.3) is 5.91 Å². The molecule has 3 aromatic rings. The fourth-order valence-electron chi connectivity index (χ4n) is 4.19. The van der Waals surface area contributed by atoms with Crippen LogP contribution < -0.4 is 5.43 Å². The zero-order valence-electron chi connectivity index (χ0n) is 17.2. The average Bonchev–Trinajstić information content (AvgIpc) is 3.04. The maximum absolute atomic E-state index is 13.4. The molecule has 156 valence electrons. The van der Waals surface area contributed by atoms with Crippen LogP contribution in [0.25, 0.3) is 11.0 Å². The molecule has 0 fully saturated rings. The van der Waals surface area contributed by atoms with E-state index in [-0.39, 0.29) is 17.1 Å². The van der Waals surface area contributed by atoms with Crippen molar-refractivity contribution in [3.63, 3.8) is 0 Å². The van der Waals surface area contributed by atoms with Gasteiger partial charge in [-0.05, 0) is 55.9 Å². The summed E-state index contributed by atoms with van der Waals surface area (Å²) in [5.74, 6) is -0.0751. The van der Waals surface area contributed by atoms with E-state index >= 15 is 0 Å². The van der Waals surface area contributed by atoms with Crippen LogP contribution in [0.5, 0.6) is 0 Å². The lowest BCUT2D eigenvalue weighted by molar-refractivity contribution is 0.0720. The molecule has 2 aromatic carbocycles. The summed E-state index contributed by atoms with van der Waals surface area (Å²) < 4.78 is 5.95. The summed E-state index contributed by atoms with van der Waals surface area (Å²) in [6.07, 6.45) is 0.819. The van der Waals surface area contributed by atoms with Crippen LogP contribution >= 0.6 is 11.6 Å². The second kappa shape index (κ2) is 8.62. The molecule has 1 atom stereocenters. The van der Waals surface area contributed by atoms with Crippen LogP contribution in [0, 0.1) is 0 Å². The van der Waals surface area contributed by atoms with E-state index < -0.39 is 6.04 Å². The third-order valence-corrected chi connectivity index (χ3v) is 6.08. The quantitative estimate of drug-likeness (QED) is 0.550. The minimum absolute atomic E-state index is 0.147. The van der Waals surface area contributed by atoms with Gasteiger partial charge in [0, 0.05) is 11.6 Å². The highest BCUT2D eigenvalue weighted by molar-refractivity contribution is 6.30. The Bertz CT molecular complexity index is 1120. The number of carbonyl (C=O) groups excluding carboxylic acids is 1. The van der Waals surface area contributed by atoms with Crippen molar-refractivity contribution in [2.45, 2.75) is 26.3 Å². The lowest BCUT2D eigenvalue weighted by Crippen LogP contribution is -2.33. The molecular weight excluding hydrogens is 400 g/mol. The maximum atomic E-state index is 13.4. The molecule has 30 heavy (non-hydrogen) atoms. The monoisotopic (exact) mass is 424 g/mol. The summed E-state index contributed by atoms with van der Waals surface area (Å²) in [6, 6.07) is 13.9.